The Bertz CT molecular complexity index is 582. The zero-order chi connectivity index (χ0) is 12.7. The highest BCUT2D eigenvalue weighted by atomic mass is 79.9. The van der Waals surface area contributed by atoms with Crippen LogP contribution in [-0.2, 0) is 0 Å². The molecule has 1 aromatic carbocycles. The summed E-state index contributed by atoms with van der Waals surface area (Å²) in [6, 6.07) is 7.75. The topological polar surface area (TPSA) is 29.5 Å². The molecule has 3 rings (SSSR count). The van der Waals surface area contributed by atoms with Crippen molar-refractivity contribution in [3.63, 3.8) is 0 Å². The van der Waals surface area contributed by atoms with Gasteiger partial charge < -0.3 is 9.84 Å². The van der Waals surface area contributed by atoms with E-state index in [2.05, 4.69) is 31.9 Å². The van der Waals surface area contributed by atoms with Crippen LogP contribution >= 0.6 is 43.2 Å². The summed E-state index contributed by atoms with van der Waals surface area (Å²) in [4.78, 5) is 1.12. The Hall–Kier alpha value is -0.360. The maximum Gasteiger partial charge on any atom is 0.137 e. The van der Waals surface area contributed by atoms with Gasteiger partial charge in [-0.05, 0) is 39.5 Å². The van der Waals surface area contributed by atoms with Crippen LogP contribution < -0.4 is 4.74 Å². The van der Waals surface area contributed by atoms with E-state index in [1.807, 2.05) is 29.6 Å². The second kappa shape index (κ2) is 4.96. The van der Waals surface area contributed by atoms with Crippen LogP contribution in [0.2, 0.25) is 0 Å². The van der Waals surface area contributed by atoms with Gasteiger partial charge in [0.05, 0.1) is 11.0 Å². The number of hydrogen-bond acceptors (Lipinski definition) is 3. The molecular weight excluding hydrogens is 380 g/mol. The van der Waals surface area contributed by atoms with Crippen molar-refractivity contribution in [3.8, 4) is 5.75 Å². The van der Waals surface area contributed by atoms with Crippen LogP contribution in [-0.4, -0.2) is 5.11 Å². The fourth-order valence-corrected chi connectivity index (χ4v) is 4.12. The van der Waals surface area contributed by atoms with Crippen LogP contribution in [0.1, 0.15) is 29.1 Å². The standard InChI is InChI=1S/C13H10Br2O2S/c14-7-1-2-8-10(16)6-12(17-11(8)5-7)13-9(15)3-4-18-13/h1-5,10,12,16H,6H2/t10-,12?/m0/s1. The molecule has 0 saturated carbocycles. The number of hydrogen-bond donors (Lipinski definition) is 1. The Morgan fingerprint density at radius 1 is 1.28 bits per heavy atom. The summed E-state index contributed by atoms with van der Waals surface area (Å²) in [6.07, 6.45) is 0.0327. The quantitative estimate of drug-likeness (QED) is 0.756. The lowest BCUT2D eigenvalue weighted by Gasteiger charge is -2.29. The predicted molar refractivity (Wildman–Crippen MR) is 79.1 cm³/mol. The van der Waals surface area contributed by atoms with E-state index in [0.717, 1.165) is 25.1 Å². The third kappa shape index (κ3) is 2.25. The van der Waals surface area contributed by atoms with E-state index in [-0.39, 0.29) is 6.10 Å². The Balaban J connectivity index is 1.98. The van der Waals surface area contributed by atoms with E-state index < -0.39 is 6.10 Å². The van der Waals surface area contributed by atoms with Crippen molar-refractivity contribution < 1.29 is 9.84 Å². The zero-order valence-electron chi connectivity index (χ0n) is 9.27. The minimum absolute atomic E-state index is 0.0869. The predicted octanol–water partition coefficient (Wildman–Crippen LogP) is 4.83. The summed E-state index contributed by atoms with van der Waals surface area (Å²) in [5.41, 5.74) is 0.863. The molecule has 1 aromatic heterocycles. The molecule has 0 amide bonds. The number of fused-ring (bicyclic) bond motifs is 1. The molecule has 2 atom stereocenters. The molecule has 1 aliphatic rings. The van der Waals surface area contributed by atoms with Crippen molar-refractivity contribution in [2.24, 2.45) is 0 Å². The second-order valence-electron chi connectivity index (χ2n) is 4.17. The molecule has 1 N–H and O–H groups in total. The lowest BCUT2D eigenvalue weighted by atomic mass is 9.98. The molecule has 94 valence electrons. The van der Waals surface area contributed by atoms with Gasteiger partial charge in [0.15, 0.2) is 0 Å². The number of thiophene rings is 1. The molecule has 2 nitrogen and oxygen atoms in total. The zero-order valence-corrected chi connectivity index (χ0v) is 13.3. The first-order valence-electron chi connectivity index (χ1n) is 5.52. The minimum atomic E-state index is -0.471. The van der Waals surface area contributed by atoms with Crippen LogP contribution in [0.5, 0.6) is 5.75 Å². The highest BCUT2D eigenvalue weighted by molar-refractivity contribution is 9.10. The van der Waals surface area contributed by atoms with Crippen LogP contribution in [0.3, 0.4) is 0 Å². The Kier molecular flexibility index (Phi) is 3.49. The van der Waals surface area contributed by atoms with Gasteiger partial charge in [0.2, 0.25) is 0 Å². The molecular formula is C13H10Br2O2S. The molecule has 2 heterocycles. The van der Waals surface area contributed by atoms with Crippen LogP contribution in [0, 0.1) is 0 Å². The average Bonchev–Trinajstić information content (AvgIpc) is 2.74. The van der Waals surface area contributed by atoms with Crippen LogP contribution in [0.25, 0.3) is 0 Å². The van der Waals surface area contributed by atoms with Crippen molar-refractivity contribution in [1.82, 2.24) is 0 Å². The van der Waals surface area contributed by atoms with Gasteiger partial charge in [0, 0.05) is 20.9 Å². The molecule has 1 unspecified atom stereocenters. The molecule has 0 saturated heterocycles. The summed E-state index contributed by atoms with van der Waals surface area (Å²) in [7, 11) is 0. The largest absolute Gasteiger partial charge is 0.484 e. The fourth-order valence-electron chi connectivity index (χ4n) is 2.11. The Morgan fingerprint density at radius 3 is 2.83 bits per heavy atom. The molecule has 0 bridgehead atoms. The van der Waals surface area contributed by atoms with Gasteiger partial charge in [0.25, 0.3) is 0 Å². The number of benzene rings is 1. The van der Waals surface area contributed by atoms with Crippen molar-refractivity contribution in [1.29, 1.82) is 0 Å². The first kappa shape index (κ1) is 12.7. The minimum Gasteiger partial charge on any atom is -0.484 e. The summed E-state index contributed by atoms with van der Waals surface area (Å²) >= 11 is 8.58. The third-order valence-corrected chi connectivity index (χ3v) is 5.43. The molecule has 18 heavy (non-hydrogen) atoms. The number of aliphatic hydroxyl groups excluding tert-OH is 1. The maximum absolute atomic E-state index is 10.2. The Labute approximate surface area is 126 Å². The van der Waals surface area contributed by atoms with Gasteiger partial charge in [-0.25, -0.2) is 0 Å². The van der Waals surface area contributed by atoms with E-state index in [1.165, 1.54) is 0 Å². The van der Waals surface area contributed by atoms with E-state index in [1.54, 1.807) is 11.3 Å². The molecule has 0 fully saturated rings. The Morgan fingerprint density at radius 2 is 2.11 bits per heavy atom. The van der Waals surface area contributed by atoms with Crippen LogP contribution in [0.15, 0.2) is 38.6 Å². The summed E-state index contributed by atoms with van der Waals surface area (Å²) in [5, 5.41) is 12.2. The lowest BCUT2D eigenvalue weighted by molar-refractivity contribution is 0.0671. The molecule has 0 aliphatic carbocycles. The van der Waals surface area contributed by atoms with E-state index in [4.69, 9.17) is 4.74 Å². The monoisotopic (exact) mass is 388 g/mol. The van der Waals surface area contributed by atoms with E-state index in [0.29, 0.717) is 6.42 Å². The van der Waals surface area contributed by atoms with Gasteiger partial charge in [-0.1, -0.05) is 22.0 Å². The van der Waals surface area contributed by atoms with E-state index in [9.17, 15) is 5.11 Å². The highest BCUT2D eigenvalue weighted by Gasteiger charge is 2.29. The number of aliphatic hydroxyl groups is 1. The van der Waals surface area contributed by atoms with Gasteiger partial charge in [-0.15, -0.1) is 11.3 Å². The number of rotatable bonds is 1. The van der Waals surface area contributed by atoms with Crippen LogP contribution in [0.4, 0.5) is 0 Å². The maximum atomic E-state index is 10.2. The third-order valence-electron chi connectivity index (χ3n) is 2.98. The van der Waals surface area contributed by atoms with Gasteiger partial charge >= 0.3 is 0 Å². The van der Waals surface area contributed by atoms with Gasteiger partial charge in [-0.2, -0.15) is 0 Å². The summed E-state index contributed by atoms with van der Waals surface area (Å²) < 4.78 is 8.00. The normalized spacial score (nSPS) is 22.4. The highest BCUT2D eigenvalue weighted by Crippen LogP contribution is 2.44. The molecule has 0 spiro atoms. The van der Waals surface area contributed by atoms with Crippen molar-refractivity contribution in [3.05, 3.63) is 49.0 Å². The fraction of sp³-hybridized carbons (Fsp3) is 0.231. The van der Waals surface area contributed by atoms with Crippen molar-refractivity contribution in [2.45, 2.75) is 18.6 Å². The average molecular weight is 390 g/mol. The SMILES string of the molecule is O[C@H]1CC(c2sccc2Br)Oc2cc(Br)ccc21. The summed E-state index contributed by atoms with van der Waals surface area (Å²) in [5.74, 6) is 0.758. The van der Waals surface area contributed by atoms with Crippen molar-refractivity contribution in [2.75, 3.05) is 0 Å². The molecule has 1 aliphatic heterocycles. The number of halogens is 2. The smallest absolute Gasteiger partial charge is 0.137 e. The lowest BCUT2D eigenvalue weighted by Crippen LogP contribution is -2.18. The first-order chi connectivity index (χ1) is 8.65. The summed E-state index contributed by atoms with van der Waals surface area (Å²) in [6.45, 7) is 0. The molecule has 5 heteroatoms. The second-order valence-corrected chi connectivity index (χ2v) is 6.89. The van der Waals surface area contributed by atoms with Gasteiger partial charge in [0.1, 0.15) is 11.9 Å². The first-order valence-corrected chi connectivity index (χ1v) is 7.99. The van der Waals surface area contributed by atoms with E-state index >= 15 is 0 Å². The van der Waals surface area contributed by atoms with Gasteiger partial charge in [-0.3, -0.25) is 0 Å². The number of ether oxygens (including phenoxy) is 1. The van der Waals surface area contributed by atoms with Crippen molar-refractivity contribution >= 4 is 43.2 Å². The molecule has 2 aromatic rings. The molecule has 0 radical (unpaired) electrons.